The fourth-order valence-electron chi connectivity index (χ4n) is 3.51. The predicted molar refractivity (Wildman–Crippen MR) is 72.3 cm³/mol. The lowest BCUT2D eigenvalue weighted by Gasteiger charge is -2.46. The van der Waals surface area contributed by atoms with Crippen LogP contribution in [-0.4, -0.2) is 34.3 Å². The van der Waals surface area contributed by atoms with Crippen molar-refractivity contribution in [3.63, 3.8) is 0 Å². The third-order valence-electron chi connectivity index (χ3n) is 5.08. The Balaban J connectivity index is 1.93. The molecule has 0 bridgehead atoms. The van der Waals surface area contributed by atoms with Crippen molar-refractivity contribution in [3.05, 3.63) is 0 Å². The van der Waals surface area contributed by atoms with E-state index in [0.29, 0.717) is 11.8 Å². The van der Waals surface area contributed by atoms with Gasteiger partial charge in [-0.15, -0.1) is 0 Å². The van der Waals surface area contributed by atoms with Gasteiger partial charge in [-0.05, 0) is 43.9 Å². The fraction of sp³-hybridized carbons (Fsp3) is 0.867. The lowest BCUT2D eigenvalue weighted by Crippen LogP contribution is -2.71. The topological polar surface area (TPSA) is 49.4 Å². The maximum atomic E-state index is 12.9. The molecule has 2 amide bonds. The molecule has 4 heteroatoms. The van der Waals surface area contributed by atoms with Crippen molar-refractivity contribution in [2.45, 2.75) is 64.6 Å². The van der Waals surface area contributed by atoms with Crippen molar-refractivity contribution >= 4 is 11.8 Å². The first-order chi connectivity index (χ1) is 8.86. The van der Waals surface area contributed by atoms with E-state index in [1.54, 1.807) is 0 Å². The van der Waals surface area contributed by atoms with Gasteiger partial charge in [-0.25, -0.2) is 0 Å². The van der Waals surface area contributed by atoms with Crippen LogP contribution in [0, 0.1) is 17.8 Å². The molecule has 0 spiro atoms. The van der Waals surface area contributed by atoms with Crippen LogP contribution in [0.3, 0.4) is 0 Å². The van der Waals surface area contributed by atoms with Crippen molar-refractivity contribution < 1.29 is 9.59 Å². The van der Waals surface area contributed by atoms with Gasteiger partial charge in [-0.2, -0.15) is 0 Å². The molecule has 1 aliphatic heterocycles. The molecule has 4 unspecified atom stereocenters. The summed E-state index contributed by atoms with van der Waals surface area (Å²) in [7, 11) is 0. The molecule has 0 aromatic heterocycles. The quantitative estimate of drug-likeness (QED) is 0.840. The minimum absolute atomic E-state index is 0.0445. The van der Waals surface area contributed by atoms with E-state index < -0.39 is 5.54 Å². The van der Waals surface area contributed by atoms with Crippen LogP contribution in [0.1, 0.15) is 47.0 Å². The highest BCUT2D eigenvalue weighted by Gasteiger charge is 2.59. The summed E-state index contributed by atoms with van der Waals surface area (Å²) in [6.07, 6.45) is 3.16. The first-order valence-corrected chi connectivity index (χ1v) is 7.51. The van der Waals surface area contributed by atoms with Gasteiger partial charge in [-0.1, -0.05) is 20.8 Å². The summed E-state index contributed by atoms with van der Waals surface area (Å²) in [4.78, 5) is 27.3. The Hall–Kier alpha value is -1.06. The number of nitrogens with zero attached hydrogens (tertiary/aromatic N) is 1. The molecule has 2 saturated carbocycles. The van der Waals surface area contributed by atoms with Crippen molar-refractivity contribution in [2.75, 3.05) is 0 Å². The highest BCUT2D eigenvalue weighted by atomic mass is 16.2. The molecule has 106 valence electrons. The summed E-state index contributed by atoms with van der Waals surface area (Å²) in [6.45, 7) is 8.13. The van der Waals surface area contributed by atoms with Gasteiger partial charge in [0, 0.05) is 6.04 Å². The van der Waals surface area contributed by atoms with Crippen LogP contribution in [0.15, 0.2) is 0 Å². The van der Waals surface area contributed by atoms with E-state index in [9.17, 15) is 9.59 Å². The number of hydrogen-bond donors (Lipinski definition) is 1. The molecule has 0 radical (unpaired) electrons. The summed E-state index contributed by atoms with van der Waals surface area (Å²) in [6, 6.07) is -0.00157. The van der Waals surface area contributed by atoms with Gasteiger partial charge in [0.15, 0.2) is 0 Å². The van der Waals surface area contributed by atoms with Crippen LogP contribution in [0.25, 0.3) is 0 Å². The second kappa shape index (κ2) is 3.97. The van der Waals surface area contributed by atoms with Crippen molar-refractivity contribution in [1.29, 1.82) is 0 Å². The first kappa shape index (κ1) is 12.9. The molecule has 1 heterocycles. The molecule has 19 heavy (non-hydrogen) atoms. The largest absolute Gasteiger partial charge is 0.340 e. The van der Waals surface area contributed by atoms with Gasteiger partial charge in [0.25, 0.3) is 0 Å². The van der Waals surface area contributed by atoms with Gasteiger partial charge in [-0.3, -0.25) is 9.59 Å². The molecule has 1 saturated heterocycles. The molecular weight excluding hydrogens is 240 g/mol. The van der Waals surface area contributed by atoms with E-state index in [0.717, 1.165) is 19.3 Å². The number of carbonyl (C=O) groups is 2. The molecule has 1 N–H and O–H groups in total. The van der Waals surface area contributed by atoms with Crippen molar-refractivity contribution in [2.24, 2.45) is 17.8 Å². The van der Waals surface area contributed by atoms with E-state index in [-0.39, 0.29) is 29.8 Å². The Bertz CT molecular complexity index is 430. The van der Waals surface area contributed by atoms with E-state index in [2.05, 4.69) is 12.2 Å². The minimum Gasteiger partial charge on any atom is -0.340 e. The predicted octanol–water partition coefficient (Wildman–Crippen LogP) is 1.55. The second-order valence-electron chi connectivity index (χ2n) is 7.15. The van der Waals surface area contributed by atoms with Crippen molar-refractivity contribution in [3.8, 4) is 0 Å². The SMILES string of the molecule is CC(C)C1C(=O)NC(C)(C2CC2)C(=O)N1C1CC1C. The van der Waals surface area contributed by atoms with E-state index in [1.807, 2.05) is 25.7 Å². The molecule has 4 atom stereocenters. The van der Waals surface area contributed by atoms with Gasteiger partial charge < -0.3 is 10.2 Å². The number of carbonyl (C=O) groups excluding carboxylic acids is 2. The number of rotatable bonds is 3. The van der Waals surface area contributed by atoms with Crippen LogP contribution >= 0.6 is 0 Å². The zero-order valence-corrected chi connectivity index (χ0v) is 12.3. The summed E-state index contributed by atoms with van der Waals surface area (Å²) in [5.41, 5.74) is -0.648. The molecule has 2 aliphatic carbocycles. The van der Waals surface area contributed by atoms with Gasteiger partial charge in [0.05, 0.1) is 0 Å². The monoisotopic (exact) mass is 264 g/mol. The highest BCUT2D eigenvalue weighted by molar-refractivity contribution is 6.00. The molecule has 3 rings (SSSR count). The van der Waals surface area contributed by atoms with Crippen molar-refractivity contribution in [1.82, 2.24) is 10.2 Å². The van der Waals surface area contributed by atoms with E-state index in [1.165, 1.54) is 0 Å². The zero-order chi connectivity index (χ0) is 13.9. The average Bonchev–Trinajstić information content (AvgIpc) is 3.17. The zero-order valence-electron chi connectivity index (χ0n) is 12.3. The summed E-state index contributed by atoms with van der Waals surface area (Å²) < 4.78 is 0. The Labute approximate surface area is 114 Å². The minimum atomic E-state index is -0.648. The van der Waals surface area contributed by atoms with Crippen LogP contribution < -0.4 is 5.32 Å². The molecular formula is C15H24N2O2. The first-order valence-electron chi connectivity index (χ1n) is 7.51. The Morgan fingerprint density at radius 1 is 1.32 bits per heavy atom. The summed E-state index contributed by atoms with van der Waals surface area (Å²) in [5, 5.41) is 3.03. The highest BCUT2D eigenvalue weighted by Crippen LogP contribution is 2.46. The number of nitrogens with one attached hydrogen (secondary N) is 1. The average molecular weight is 264 g/mol. The van der Waals surface area contributed by atoms with Crippen LogP contribution in [-0.2, 0) is 9.59 Å². The normalized spacial score (nSPS) is 42.6. The molecule has 3 fully saturated rings. The van der Waals surface area contributed by atoms with Gasteiger partial charge in [0.2, 0.25) is 11.8 Å². The number of amides is 2. The molecule has 3 aliphatic rings. The van der Waals surface area contributed by atoms with E-state index in [4.69, 9.17) is 0 Å². The van der Waals surface area contributed by atoms with Crippen LogP contribution in [0.2, 0.25) is 0 Å². The number of hydrogen-bond acceptors (Lipinski definition) is 2. The smallest absolute Gasteiger partial charge is 0.249 e. The molecule has 0 aromatic carbocycles. The third kappa shape index (κ3) is 1.87. The molecule has 4 nitrogen and oxygen atoms in total. The van der Waals surface area contributed by atoms with Gasteiger partial charge >= 0.3 is 0 Å². The third-order valence-corrected chi connectivity index (χ3v) is 5.08. The summed E-state index contributed by atoms with van der Waals surface area (Å²) in [5.74, 6) is 1.25. The van der Waals surface area contributed by atoms with Crippen LogP contribution in [0.4, 0.5) is 0 Å². The Morgan fingerprint density at radius 3 is 2.32 bits per heavy atom. The fourth-order valence-corrected chi connectivity index (χ4v) is 3.51. The lowest BCUT2D eigenvalue weighted by molar-refractivity contribution is -0.158. The maximum Gasteiger partial charge on any atom is 0.249 e. The Morgan fingerprint density at radius 2 is 1.89 bits per heavy atom. The number of piperazine rings is 1. The maximum absolute atomic E-state index is 12.9. The molecule has 0 aromatic rings. The Kier molecular flexibility index (Phi) is 2.70. The standard InChI is InChI=1S/C15H24N2O2/c1-8(2)12-13(18)16-15(4,10-5-6-10)14(19)17(12)11-7-9(11)3/h8-12H,5-7H2,1-4H3,(H,16,18). The van der Waals surface area contributed by atoms with E-state index >= 15 is 0 Å². The lowest BCUT2D eigenvalue weighted by atomic mass is 9.86. The van der Waals surface area contributed by atoms with Gasteiger partial charge in [0.1, 0.15) is 11.6 Å². The summed E-state index contributed by atoms with van der Waals surface area (Å²) >= 11 is 0. The second-order valence-corrected chi connectivity index (χ2v) is 7.15. The van der Waals surface area contributed by atoms with Crippen LogP contribution in [0.5, 0.6) is 0 Å².